The fourth-order valence-corrected chi connectivity index (χ4v) is 11.4. The second kappa shape index (κ2) is 29.0. The molecule has 20 heteroatoms. The van der Waals surface area contributed by atoms with E-state index >= 15 is 0 Å². The third kappa shape index (κ3) is 19.4. The van der Waals surface area contributed by atoms with Crippen LogP contribution in [0.25, 0.3) is 19.1 Å². The first-order chi connectivity index (χ1) is 36.0. The average Bonchev–Trinajstić information content (AvgIpc) is 4.15. The van der Waals surface area contributed by atoms with Crippen LogP contribution in [-0.4, -0.2) is 21.0 Å². The fourth-order valence-electron chi connectivity index (χ4n) is 7.45. The first kappa shape index (κ1) is 58.5. The number of hydrogen-bond acceptors (Lipinski definition) is 13. The van der Waals surface area contributed by atoms with Gasteiger partial charge in [-0.05, 0) is 121 Å². The van der Waals surface area contributed by atoms with Gasteiger partial charge in [0, 0.05) is 11.1 Å². The first-order valence-electron chi connectivity index (χ1n) is 24.6. The molecule has 4 heterocycles. The third-order valence-corrected chi connectivity index (χ3v) is 15.7. The smallest absolute Gasteiger partial charge is 0.375 e. The molecule has 9 nitrogen and oxygen atoms in total. The van der Waals surface area contributed by atoms with E-state index in [1.807, 2.05) is 36.4 Å². The second-order valence-corrected chi connectivity index (χ2v) is 22.0. The maximum Gasteiger partial charge on any atom is 0.416 e. The summed E-state index contributed by atoms with van der Waals surface area (Å²) in [6.45, 7) is 4.49. The number of benzene rings is 4. The maximum absolute atomic E-state index is 12.7. The summed E-state index contributed by atoms with van der Waals surface area (Å²) in [5, 5.41) is 19.4. The molecule has 0 amide bonds. The van der Waals surface area contributed by atoms with E-state index in [0.717, 1.165) is 89.7 Å². The van der Waals surface area contributed by atoms with Crippen LogP contribution in [0.5, 0.6) is 0 Å². The minimum Gasteiger partial charge on any atom is -0.375 e. The fraction of sp³-hybridized carbons (Fsp3) is 0.345. The number of aromatic nitrogens is 2. The van der Waals surface area contributed by atoms with Crippen LogP contribution in [0.1, 0.15) is 139 Å². The zero-order valence-electron chi connectivity index (χ0n) is 41.4. The molecule has 4 aromatic carbocycles. The monoisotopic (exact) mass is 1120 g/mol. The van der Waals surface area contributed by atoms with Crippen LogP contribution in [0.15, 0.2) is 130 Å². The lowest BCUT2D eigenvalue weighted by Gasteiger charge is -2.06. The van der Waals surface area contributed by atoms with Gasteiger partial charge in [-0.3, -0.25) is 9.59 Å². The predicted octanol–water partition coefficient (Wildman–Crippen LogP) is 20.5. The molecule has 0 aliphatic rings. The molecule has 0 unspecified atom stereocenters. The zero-order valence-corrected chi connectivity index (χ0v) is 45.4. The molecular formula is C55H56ClF6N7O2S4. The Labute approximate surface area is 453 Å². The SMILES string of the molecule is CCCCCCCCc1ccc(N=Nc2cc3sc(CC(=O)c4ccc(C(F)(F)F)cc4)nc3s2)cc1.CCCCCCCCc1ccc(N=Nc2cc3sc(N)nc3s2)cc1.O=C(Cl)c1ccc(C(F)(F)F)cc1. The number of rotatable bonds is 22. The molecular weight excluding hydrogens is 1070 g/mol. The highest BCUT2D eigenvalue weighted by Gasteiger charge is 2.31. The number of anilines is 1. The van der Waals surface area contributed by atoms with Gasteiger partial charge in [0.05, 0.1) is 38.3 Å². The van der Waals surface area contributed by atoms with Crippen molar-refractivity contribution in [3.05, 3.63) is 148 Å². The van der Waals surface area contributed by atoms with Crippen molar-refractivity contribution in [1.29, 1.82) is 0 Å². The van der Waals surface area contributed by atoms with E-state index in [9.17, 15) is 35.9 Å². The van der Waals surface area contributed by atoms with Crippen molar-refractivity contribution in [1.82, 2.24) is 9.97 Å². The number of aryl methyl sites for hydroxylation is 2. The topological polar surface area (TPSA) is 135 Å². The van der Waals surface area contributed by atoms with Crippen LogP contribution < -0.4 is 5.73 Å². The van der Waals surface area contributed by atoms with E-state index in [1.54, 1.807) is 0 Å². The second-order valence-electron chi connectivity index (χ2n) is 17.5. The van der Waals surface area contributed by atoms with E-state index in [4.69, 9.17) is 17.3 Å². The molecule has 0 aliphatic heterocycles. The molecule has 0 aliphatic carbocycles. The van der Waals surface area contributed by atoms with Crippen molar-refractivity contribution in [2.75, 3.05) is 5.73 Å². The number of ketones is 1. The van der Waals surface area contributed by atoms with Gasteiger partial charge in [0.1, 0.15) is 24.7 Å². The van der Waals surface area contributed by atoms with Gasteiger partial charge in [0.25, 0.3) is 5.24 Å². The van der Waals surface area contributed by atoms with Crippen LogP contribution >= 0.6 is 56.9 Å². The van der Waals surface area contributed by atoms with Gasteiger partial charge >= 0.3 is 12.4 Å². The lowest BCUT2D eigenvalue weighted by atomic mass is 10.0. The van der Waals surface area contributed by atoms with Gasteiger partial charge in [0.15, 0.2) is 10.9 Å². The largest absolute Gasteiger partial charge is 0.416 e. The van der Waals surface area contributed by atoms with Crippen LogP contribution in [0, 0.1) is 0 Å². The summed E-state index contributed by atoms with van der Waals surface area (Å²) in [6, 6.07) is 28.4. The van der Waals surface area contributed by atoms with Crippen molar-refractivity contribution < 1.29 is 35.9 Å². The zero-order chi connectivity index (χ0) is 53.8. The molecule has 4 aromatic heterocycles. The van der Waals surface area contributed by atoms with Gasteiger partial charge in [-0.25, -0.2) is 9.97 Å². The molecule has 8 aromatic rings. The summed E-state index contributed by atoms with van der Waals surface area (Å²) in [5.41, 5.74) is 8.77. The number of nitrogens with two attached hydrogens (primary N) is 1. The number of carbonyl (C=O) groups excluding carboxylic acids is 2. The minimum absolute atomic E-state index is 0.0410. The molecule has 8 rings (SSSR count). The number of halogens is 7. The summed E-state index contributed by atoms with van der Waals surface area (Å²) < 4.78 is 76.2. The average molecular weight is 1120 g/mol. The Balaban J connectivity index is 0.000000206. The van der Waals surface area contributed by atoms with Crippen molar-refractivity contribution in [3.63, 3.8) is 0 Å². The van der Waals surface area contributed by atoms with E-state index in [2.05, 4.69) is 68.5 Å². The summed E-state index contributed by atoms with van der Waals surface area (Å²) in [7, 11) is 0. The standard InChI is InChI=1S/C28H28F3N3OS2.C19H24N4S2.C8H4ClF3O/c1-2-3-4-5-6-7-8-19-9-15-22(16-10-19)33-34-26-18-24-27(37-26)32-25(36-24)17-23(35)20-11-13-21(14-12-20)28(29,30)31;1-2-3-4-5-6-7-8-14-9-11-15(12-10-14)22-23-17-13-16-18(25-17)21-19(20)24-16;9-7(13)5-1-3-6(4-2-5)8(10,11)12/h9-16,18H,2-8,17H2,1H3;9-13H,2-8H2,1H3,(H2,20,21);1-4H. The van der Waals surface area contributed by atoms with Gasteiger partial charge in [-0.15, -0.1) is 31.8 Å². The summed E-state index contributed by atoms with van der Waals surface area (Å²) in [6.07, 6.45) is 9.19. The number of hydrogen-bond donors (Lipinski definition) is 1. The molecule has 0 spiro atoms. The minimum atomic E-state index is -4.42. The molecule has 75 heavy (non-hydrogen) atoms. The van der Waals surface area contributed by atoms with Gasteiger partial charge < -0.3 is 5.73 Å². The summed E-state index contributed by atoms with van der Waals surface area (Å²) in [5.74, 6) is -0.269. The lowest BCUT2D eigenvalue weighted by Crippen LogP contribution is -2.07. The number of unbranched alkanes of at least 4 members (excludes halogenated alkanes) is 10. The molecule has 0 saturated heterocycles. The number of alkyl halides is 6. The highest BCUT2D eigenvalue weighted by molar-refractivity contribution is 7.30. The molecule has 0 atom stereocenters. The Hall–Kier alpha value is -5.73. The summed E-state index contributed by atoms with van der Waals surface area (Å²) in [4.78, 5) is 33.5. The van der Waals surface area contributed by atoms with Crippen LogP contribution in [0.4, 0.5) is 52.9 Å². The maximum atomic E-state index is 12.7. The Bertz CT molecular complexity index is 3030. The number of azo groups is 2. The van der Waals surface area contributed by atoms with Gasteiger partial charge in [-0.2, -0.15) is 26.3 Å². The first-order valence-corrected chi connectivity index (χ1v) is 28.3. The number of nitrogens with zero attached hydrogens (tertiary/aromatic N) is 6. The molecule has 0 fully saturated rings. The molecule has 0 saturated carbocycles. The highest BCUT2D eigenvalue weighted by Crippen LogP contribution is 2.38. The number of carbonyl (C=O) groups is 2. The molecule has 2 N–H and O–H groups in total. The van der Waals surface area contributed by atoms with Crippen molar-refractivity contribution in [3.8, 4) is 0 Å². The Morgan fingerprint density at radius 3 is 1.35 bits per heavy atom. The summed E-state index contributed by atoms with van der Waals surface area (Å²) >= 11 is 10.8. The van der Waals surface area contributed by atoms with Gasteiger partial charge in [-0.1, -0.05) is 148 Å². The van der Waals surface area contributed by atoms with Crippen molar-refractivity contribution in [2.45, 2.75) is 123 Å². The van der Waals surface area contributed by atoms with E-state index in [0.29, 0.717) is 10.1 Å². The molecule has 396 valence electrons. The number of thiazole rings is 2. The number of nitrogen functional groups attached to an aromatic ring is 1. The van der Waals surface area contributed by atoms with E-state index < -0.39 is 28.7 Å². The number of Topliss-reactive ketones (excluding diaryl/α,β-unsaturated/α-hetero) is 1. The Kier molecular flexibility index (Phi) is 22.6. The van der Waals surface area contributed by atoms with Crippen LogP contribution in [0.3, 0.4) is 0 Å². The lowest BCUT2D eigenvalue weighted by molar-refractivity contribution is -0.138. The van der Waals surface area contributed by atoms with E-state index in [1.165, 1.54) is 146 Å². The van der Waals surface area contributed by atoms with Gasteiger partial charge in [0.2, 0.25) is 0 Å². The third-order valence-electron chi connectivity index (χ3n) is 11.5. The predicted molar refractivity (Wildman–Crippen MR) is 296 cm³/mol. The van der Waals surface area contributed by atoms with Crippen LogP contribution in [-0.2, 0) is 31.6 Å². The van der Waals surface area contributed by atoms with E-state index in [-0.39, 0.29) is 23.3 Å². The Morgan fingerprint density at radius 1 is 0.520 bits per heavy atom. The highest BCUT2D eigenvalue weighted by atomic mass is 35.5. The normalized spacial score (nSPS) is 11.9. The van der Waals surface area contributed by atoms with Crippen molar-refractivity contribution in [2.24, 2.45) is 20.5 Å². The number of fused-ring (bicyclic) bond motifs is 2. The van der Waals surface area contributed by atoms with Crippen LogP contribution in [0.2, 0.25) is 0 Å². The number of thiophene rings is 2. The molecule has 0 bridgehead atoms. The quantitative estimate of drug-likeness (QED) is 0.0237. The molecule has 0 radical (unpaired) electrons. The Morgan fingerprint density at radius 2 is 0.933 bits per heavy atom. The van der Waals surface area contributed by atoms with Crippen molar-refractivity contribution >= 4 is 114 Å².